The summed E-state index contributed by atoms with van der Waals surface area (Å²) >= 11 is 7.75. The zero-order chi connectivity index (χ0) is 29.1. The molecule has 0 aliphatic carbocycles. The van der Waals surface area contributed by atoms with Gasteiger partial charge in [-0.1, -0.05) is 19.1 Å². The van der Waals surface area contributed by atoms with E-state index in [1.807, 2.05) is 26.0 Å². The van der Waals surface area contributed by atoms with Gasteiger partial charge in [-0.25, -0.2) is 9.18 Å². The summed E-state index contributed by atoms with van der Waals surface area (Å²) in [5.74, 6) is -0.730. The van der Waals surface area contributed by atoms with Crippen LogP contribution in [0.3, 0.4) is 0 Å². The highest BCUT2D eigenvalue weighted by Crippen LogP contribution is 2.53. The maximum Gasteiger partial charge on any atom is 0.421 e. The van der Waals surface area contributed by atoms with Crippen molar-refractivity contribution >= 4 is 29.4 Å². The van der Waals surface area contributed by atoms with Crippen molar-refractivity contribution in [3.63, 3.8) is 0 Å². The number of carbonyl (C=O) groups is 1. The molecule has 3 saturated heterocycles. The highest BCUT2D eigenvalue weighted by atomic mass is 35.5. The third-order valence-electron chi connectivity index (χ3n) is 7.64. The number of halogens is 5. The number of piperidine rings is 1. The molecule has 7 nitrogen and oxygen atoms in total. The number of hydrogen-bond acceptors (Lipinski definition) is 6. The molecule has 40 heavy (non-hydrogen) atoms. The first-order valence-corrected chi connectivity index (χ1v) is 15.0. The van der Waals surface area contributed by atoms with Crippen molar-refractivity contribution in [2.24, 2.45) is 5.92 Å². The van der Waals surface area contributed by atoms with Crippen LogP contribution in [0.4, 0.5) is 22.4 Å². The Morgan fingerprint density at radius 1 is 1.30 bits per heavy atom. The maximum absolute atomic E-state index is 14.1. The van der Waals surface area contributed by atoms with Crippen LogP contribution in [0.1, 0.15) is 58.4 Å². The molecule has 1 aromatic rings. The number of rotatable bonds is 10. The lowest BCUT2D eigenvalue weighted by Gasteiger charge is -2.44. The highest BCUT2D eigenvalue weighted by Gasteiger charge is 2.62. The zero-order valence-corrected chi connectivity index (χ0v) is 24.3. The van der Waals surface area contributed by atoms with Gasteiger partial charge in [0.05, 0.1) is 23.5 Å². The Balaban J connectivity index is 1.47. The normalized spacial score (nSPS) is 30.7. The van der Waals surface area contributed by atoms with Gasteiger partial charge in [0.15, 0.2) is 5.60 Å². The number of alkyl halides is 4. The largest absolute Gasteiger partial charge is 0.488 e. The van der Waals surface area contributed by atoms with Gasteiger partial charge in [0.1, 0.15) is 23.2 Å². The molecule has 1 aromatic carbocycles. The molecule has 224 valence electrons. The highest BCUT2D eigenvalue weighted by molar-refractivity contribution is 8.00. The van der Waals surface area contributed by atoms with E-state index in [1.54, 1.807) is 6.92 Å². The molecule has 3 heterocycles. The molecule has 0 spiro atoms. The van der Waals surface area contributed by atoms with Crippen molar-refractivity contribution in [3.05, 3.63) is 41.7 Å². The van der Waals surface area contributed by atoms with E-state index in [1.165, 1.54) is 17.8 Å². The van der Waals surface area contributed by atoms with E-state index in [0.717, 1.165) is 25.0 Å². The van der Waals surface area contributed by atoms with E-state index in [9.17, 15) is 22.4 Å². The molecule has 0 radical (unpaired) electrons. The quantitative estimate of drug-likeness (QED) is 0.118. The number of nitrogens with one attached hydrogen (secondary N) is 4. The van der Waals surface area contributed by atoms with E-state index >= 15 is 0 Å². The molecule has 0 bridgehead atoms. The van der Waals surface area contributed by atoms with Crippen molar-refractivity contribution in [1.29, 1.82) is 0 Å². The second kappa shape index (κ2) is 13.1. The minimum atomic E-state index is -4.75. The number of carbonyl (C=O) groups excluding carboxylic acids is 1. The molecule has 4 rings (SSSR count). The lowest BCUT2D eigenvalue weighted by molar-refractivity contribution is -0.334. The molecule has 3 fully saturated rings. The smallest absolute Gasteiger partial charge is 0.421 e. The molecular weight excluding hydrogens is 572 g/mol. The average molecular weight is 609 g/mol. The summed E-state index contributed by atoms with van der Waals surface area (Å²) in [6.45, 7) is 5.56. The minimum absolute atomic E-state index is 0.0767. The molecule has 0 saturated carbocycles. The van der Waals surface area contributed by atoms with Crippen molar-refractivity contribution in [1.82, 2.24) is 21.3 Å². The van der Waals surface area contributed by atoms with Crippen LogP contribution in [0, 0.1) is 11.7 Å². The van der Waals surface area contributed by atoms with Crippen LogP contribution in [0.5, 0.6) is 5.75 Å². The number of benzene rings is 1. The molecule has 8 unspecified atom stereocenters. The average Bonchev–Trinajstić information content (AvgIpc) is 3.22. The lowest BCUT2D eigenvalue weighted by atomic mass is 9.85. The SMILES string of the molecule is C/C=C/C(C)CCC(NC(=O)NC1NC2CCC(Cl)NC2S1)C(C)Oc1ccc(F)cc1C1(C(F)(F)F)CCO1. The third kappa shape index (κ3) is 7.18. The van der Waals surface area contributed by atoms with E-state index < -0.39 is 41.3 Å². The van der Waals surface area contributed by atoms with Crippen LogP contribution in [-0.2, 0) is 10.3 Å². The van der Waals surface area contributed by atoms with E-state index in [-0.39, 0.29) is 47.1 Å². The van der Waals surface area contributed by atoms with Crippen LogP contribution >= 0.6 is 23.4 Å². The fourth-order valence-corrected chi connectivity index (χ4v) is 7.04. The first-order chi connectivity index (χ1) is 18.9. The standard InChI is InChI=1S/C27H37ClF4N4O3S/c1-4-5-15(2)6-8-19(33-24(37)36-25-34-20-9-11-22(28)35-23(20)40-25)16(3)39-21-10-7-17(29)14-18(21)26(12-13-38-26)27(30,31)32/h4-5,7,10,14-16,19-20,22-23,25,34-35H,6,8-9,11-13H2,1-3H3,(H2,33,36,37)/b5-4+. The molecule has 4 N–H and O–H groups in total. The summed E-state index contributed by atoms with van der Waals surface area (Å²) in [4.78, 5) is 13.1. The number of amides is 2. The van der Waals surface area contributed by atoms with Gasteiger partial charge >= 0.3 is 12.2 Å². The van der Waals surface area contributed by atoms with E-state index in [2.05, 4.69) is 21.3 Å². The number of fused-ring (bicyclic) bond motifs is 1. The van der Waals surface area contributed by atoms with Gasteiger partial charge in [-0.3, -0.25) is 10.6 Å². The van der Waals surface area contributed by atoms with Gasteiger partial charge in [0.25, 0.3) is 0 Å². The fourth-order valence-electron chi connectivity index (χ4n) is 5.33. The third-order valence-corrected chi connectivity index (χ3v) is 9.27. The molecule has 2 amide bonds. The Hall–Kier alpha value is -1.73. The maximum atomic E-state index is 14.1. The van der Waals surface area contributed by atoms with E-state index in [4.69, 9.17) is 21.1 Å². The van der Waals surface area contributed by atoms with Crippen LogP contribution < -0.4 is 26.0 Å². The second-order valence-corrected chi connectivity index (χ2v) is 12.4. The van der Waals surface area contributed by atoms with Crippen molar-refractivity contribution in [3.8, 4) is 5.75 Å². The van der Waals surface area contributed by atoms with Gasteiger partial charge in [-0.15, -0.1) is 23.4 Å². The van der Waals surface area contributed by atoms with Crippen molar-refractivity contribution in [2.75, 3.05) is 6.61 Å². The zero-order valence-electron chi connectivity index (χ0n) is 22.7. The van der Waals surface area contributed by atoms with Crippen molar-refractivity contribution < 1.29 is 31.8 Å². The van der Waals surface area contributed by atoms with Gasteiger partial charge in [-0.05, 0) is 63.6 Å². The van der Waals surface area contributed by atoms with Crippen LogP contribution in [0.15, 0.2) is 30.4 Å². The lowest BCUT2D eigenvalue weighted by Crippen LogP contribution is -2.54. The molecule has 0 aromatic heterocycles. The first kappa shape index (κ1) is 31.2. The molecule has 3 aliphatic rings. The number of allylic oxidation sites excluding steroid dienone is 2. The van der Waals surface area contributed by atoms with Gasteiger partial charge in [-0.2, -0.15) is 13.2 Å². The monoisotopic (exact) mass is 608 g/mol. The Morgan fingerprint density at radius 2 is 2.05 bits per heavy atom. The summed E-state index contributed by atoms with van der Waals surface area (Å²) in [6, 6.07) is 2.26. The summed E-state index contributed by atoms with van der Waals surface area (Å²) in [5.41, 5.74) is -3.47. The topological polar surface area (TPSA) is 83.7 Å². The Bertz CT molecular complexity index is 1060. The van der Waals surface area contributed by atoms with Crippen LogP contribution in [0.2, 0.25) is 0 Å². The molecule has 3 aliphatic heterocycles. The van der Waals surface area contributed by atoms with Gasteiger partial charge in [0.2, 0.25) is 0 Å². The summed E-state index contributed by atoms with van der Waals surface area (Å²) in [6.07, 6.45) is 1.09. The Labute approximate surface area is 241 Å². The number of hydrogen-bond donors (Lipinski definition) is 4. The predicted molar refractivity (Wildman–Crippen MR) is 148 cm³/mol. The fraction of sp³-hybridized carbons (Fsp3) is 0.667. The Kier molecular flexibility index (Phi) is 10.2. The molecule has 8 atom stereocenters. The van der Waals surface area contributed by atoms with Crippen LogP contribution in [0.25, 0.3) is 0 Å². The van der Waals surface area contributed by atoms with E-state index in [0.29, 0.717) is 12.8 Å². The molecular formula is C27H37ClF4N4O3S. The van der Waals surface area contributed by atoms with Gasteiger partial charge < -0.3 is 20.1 Å². The number of ether oxygens (including phenoxy) is 2. The Morgan fingerprint density at radius 3 is 2.70 bits per heavy atom. The number of thioether (sulfide) groups is 1. The van der Waals surface area contributed by atoms with Gasteiger partial charge in [0, 0.05) is 18.0 Å². The van der Waals surface area contributed by atoms with Crippen LogP contribution in [-0.4, -0.2) is 53.4 Å². The molecule has 13 heteroatoms. The second-order valence-electron chi connectivity index (χ2n) is 10.6. The summed E-state index contributed by atoms with van der Waals surface area (Å²) < 4.78 is 67.3. The predicted octanol–water partition coefficient (Wildman–Crippen LogP) is 5.69. The van der Waals surface area contributed by atoms with Crippen molar-refractivity contribution in [2.45, 2.75) is 99.2 Å². The summed E-state index contributed by atoms with van der Waals surface area (Å²) in [7, 11) is 0. The minimum Gasteiger partial charge on any atom is -0.488 e. The first-order valence-electron chi connectivity index (χ1n) is 13.6. The number of urea groups is 1. The summed E-state index contributed by atoms with van der Waals surface area (Å²) in [5, 5.41) is 12.6.